The van der Waals surface area contributed by atoms with Crippen LogP contribution in [0.3, 0.4) is 0 Å². The molecule has 0 aliphatic carbocycles. The third-order valence-electron chi connectivity index (χ3n) is 4.92. The molecule has 5 rings (SSSR count). The summed E-state index contributed by atoms with van der Waals surface area (Å²) in [6, 6.07) is 8.97. The number of nitrogens with zero attached hydrogens (tertiary/aromatic N) is 4. The largest absolute Gasteiger partial charge is 0.462 e. The Hall–Kier alpha value is -3.90. The lowest BCUT2D eigenvalue weighted by molar-refractivity contribution is -0.384. The monoisotopic (exact) mass is 540 g/mol. The molecule has 4 heterocycles. The number of nitro groups is 1. The normalized spacial score (nSPS) is 12.0. The summed E-state index contributed by atoms with van der Waals surface area (Å²) in [5.74, 6) is -0.0924. The zero-order valence-corrected chi connectivity index (χ0v) is 19.8. The van der Waals surface area contributed by atoms with Crippen molar-refractivity contribution >= 4 is 61.1 Å². The van der Waals surface area contributed by atoms with E-state index >= 15 is 0 Å². The summed E-state index contributed by atoms with van der Waals surface area (Å²) >= 11 is 4.52. The van der Waals surface area contributed by atoms with E-state index < -0.39 is 10.9 Å². The Morgan fingerprint density at radius 2 is 2.15 bits per heavy atom. The van der Waals surface area contributed by atoms with Crippen molar-refractivity contribution < 1.29 is 18.9 Å². The van der Waals surface area contributed by atoms with Gasteiger partial charge in [0.05, 0.1) is 22.7 Å². The van der Waals surface area contributed by atoms with Crippen molar-refractivity contribution in [2.24, 2.45) is 0 Å². The van der Waals surface area contributed by atoms with Gasteiger partial charge in [-0.3, -0.25) is 14.9 Å². The molecule has 0 aliphatic rings. The number of hydrogen-bond acceptors (Lipinski definition) is 9. The highest BCUT2D eigenvalue weighted by atomic mass is 79.9. The van der Waals surface area contributed by atoms with Gasteiger partial charge in [-0.25, -0.2) is 19.2 Å². The molecule has 0 N–H and O–H groups in total. The van der Waals surface area contributed by atoms with Crippen molar-refractivity contribution in [2.45, 2.75) is 6.92 Å². The Morgan fingerprint density at radius 3 is 2.91 bits per heavy atom. The van der Waals surface area contributed by atoms with Gasteiger partial charge in [0, 0.05) is 22.8 Å². The summed E-state index contributed by atoms with van der Waals surface area (Å²) in [6.45, 7) is 1.81. The average molecular weight is 541 g/mol. The second-order valence-corrected chi connectivity index (χ2v) is 8.98. The first-order valence-corrected chi connectivity index (χ1v) is 11.5. The van der Waals surface area contributed by atoms with Crippen LogP contribution < -0.4 is 10.1 Å². The van der Waals surface area contributed by atoms with Crippen molar-refractivity contribution in [3.8, 4) is 11.3 Å². The first-order valence-electron chi connectivity index (χ1n) is 9.89. The molecule has 0 unspecified atom stereocenters. The number of furan rings is 1. The van der Waals surface area contributed by atoms with Crippen molar-refractivity contribution in [1.82, 2.24) is 14.4 Å². The zero-order valence-electron chi connectivity index (χ0n) is 17.4. The second-order valence-electron chi connectivity index (χ2n) is 7.05. The van der Waals surface area contributed by atoms with Crippen molar-refractivity contribution in [3.63, 3.8) is 0 Å². The van der Waals surface area contributed by atoms with Gasteiger partial charge in [-0.1, -0.05) is 11.3 Å². The highest BCUT2D eigenvalue weighted by Crippen LogP contribution is 2.32. The van der Waals surface area contributed by atoms with Gasteiger partial charge in [0.15, 0.2) is 10.6 Å². The summed E-state index contributed by atoms with van der Waals surface area (Å²) in [6.07, 6.45) is 3.14. The number of thiazole rings is 1. The summed E-state index contributed by atoms with van der Waals surface area (Å²) in [7, 11) is 0. The predicted molar refractivity (Wildman–Crippen MR) is 128 cm³/mol. The molecule has 1 aromatic carbocycles. The topological polar surface area (TPSA) is 130 Å². The van der Waals surface area contributed by atoms with Crippen LogP contribution in [0.1, 0.15) is 23.0 Å². The molecule has 5 aromatic rings. The number of hydrogen-bond donors (Lipinski definition) is 0. The van der Waals surface area contributed by atoms with Crippen LogP contribution in [0.2, 0.25) is 0 Å². The van der Waals surface area contributed by atoms with Gasteiger partial charge in [0.2, 0.25) is 0 Å². The fourth-order valence-electron chi connectivity index (χ4n) is 3.45. The number of ether oxygens (including phenoxy) is 1. The smallest absolute Gasteiger partial charge is 0.338 e. The Morgan fingerprint density at radius 1 is 1.32 bits per heavy atom. The maximum absolute atomic E-state index is 12.9. The van der Waals surface area contributed by atoms with Gasteiger partial charge >= 0.3 is 5.97 Å². The van der Waals surface area contributed by atoms with Crippen LogP contribution in [0, 0.1) is 10.1 Å². The number of carbonyl (C=O) groups excluding carboxylic acids is 1. The maximum atomic E-state index is 12.9. The first kappa shape index (κ1) is 21.9. The molecule has 170 valence electrons. The van der Waals surface area contributed by atoms with E-state index in [0.717, 1.165) is 10.5 Å². The number of benzene rings is 1. The quantitative estimate of drug-likeness (QED) is 0.186. The minimum absolute atomic E-state index is 0.0708. The molecule has 34 heavy (non-hydrogen) atoms. The Kier molecular flexibility index (Phi) is 5.46. The number of fused-ring (bicyclic) bond motifs is 3. The lowest BCUT2D eigenvalue weighted by atomic mass is 10.1. The predicted octanol–water partition coefficient (Wildman–Crippen LogP) is 3.96. The molecule has 10 nitrogen and oxygen atoms in total. The van der Waals surface area contributed by atoms with Crippen LogP contribution in [0.25, 0.3) is 33.5 Å². The van der Waals surface area contributed by atoms with E-state index in [1.165, 1.54) is 27.9 Å². The van der Waals surface area contributed by atoms with E-state index in [9.17, 15) is 19.7 Å². The van der Waals surface area contributed by atoms with Crippen LogP contribution >= 0.6 is 27.3 Å². The van der Waals surface area contributed by atoms with Crippen molar-refractivity contribution in [1.29, 1.82) is 0 Å². The number of imidazole rings is 1. The molecule has 0 saturated carbocycles. The molecule has 0 bridgehead atoms. The minimum Gasteiger partial charge on any atom is -0.462 e. The highest BCUT2D eigenvalue weighted by Gasteiger charge is 2.21. The number of esters is 1. The SMILES string of the molecule is CCOC(=O)c1ccc(-c2ccc(/C=c3\sc4nc5cc(Br)cnc5n4c3=O)o2)c([N+](=O)[O-])c1. The van der Waals surface area contributed by atoms with Gasteiger partial charge in [0.1, 0.15) is 21.6 Å². The minimum atomic E-state index is -0.648. The van der Waals surface area contributed by atoms with Gasteiger partial charge in [0.25, 0.3) is 11.2 Å². The Labute approximate surface area is 202 Å². The molecule has 0 spiro atoms. The van der Waals surface area contributed by atoms with Crippen LogP contribution in [-0.2, 0) is 4.74 Å². The number of halogens is 1. The molecule has 0 atom stereocenters. The molecule has 0 aliphatic heterocycles. The number of nitro benzene ring substituents is 1. The summed E-state index contributed by atoms with van der Waals surface area (Å²) in [5.41, 5.74) is 0.734. The van der Waals surface area contributed by atoms with Gasteiger partial charge in [-0.15, -0.1) is 0 Å². The lowest BCUT2D eigenvalue weighted by Crippen LogP contribution is -2.22. The summed E-state index contributed by atoms with van der Waals surface area (Å²) in [5, 5.41) is 11.6. The molecule has 0 saturated heterocycles. The summed E-state index contributed by atoms with van der Waals surface area (Å²) in [4.78, 5) is 45.1. The number of pyridine rings is 1. The highest BCUT2D eigenvalue weighted by molar-refractivity contribution is 9.10. The third-order valence-corrected chi connectivity index (χ3v) is 6.32. The lowest BCUT2D eigenvalue weighted by Gasteiger charge is -2.04. The van der Waals surface area contributed by atoms with Crippen molar-refractivity contribution in [2.75, 3.05) is 6.61 Å². The second kappa shape index (κ2) is 8.47. The number of aromatic nitrogens is 3. The van der Waals surface area contributed by atoms with E-state index in [-0.39, 0.29) is 34.7 Å². The maximum Gasteiger partial charge on any atom is 0.338 e. The van der Waals surface area contributed by atoms with Crippen LogP contribution in [0.4, 0.5) is 5.69 Å². The molecule has 0 fully saturated rings. The van der Waals surface area contributed by atoms with E-state index in [1.54, 1.807) is 37.4 Å². The fourth-order valence-corrected chi connectivity index (χ4v) is 4.73. The van der Waals surface area contributed by atoms with E-state index in [1.807, 2.05) is 0 Å². The van der Waals surface area contributed by atoms with E-state index in [4.69, 9.17) is 9.15 Å². The van der Waals surface area contributed by atoms with Gasteiger partial charge in [-0.2, -0.15) is 0 Å². The van der Waals surface area contributed by atoms with E-state index in [0.29, 0.717) is 26.4 Å². The molecular weight excluding hydrogens is 528 g/mol. The Bertz CT molecular complexity index is 1720. The van der Waals surface area contributed by atoms with E-state index in [2.05, 4.69) is 25.9 Å². The molecule has 0 radical (unpaired) electrons. The van der Waals surface area contributed by atoms with Gasteiger partial charge < -0.3 is 9.15 Å². The van der Waals surface area contributed by atoms with Crippen molar-refractivity contribution in [3.05, 3.63) is 83.4 Å². The third kappa shape index (κ3) is 3.76. The number of carbonyl (C=O) groups is 1. The molecule has 4 aromatic heterocycles. The molecule has 0 amide bonds. The molecular formula is C22H13BrN4O6S. The molecule has 12 heteroatoms. The summed E-state index contributed by atoms with van der Waals surface area (Å²) < 4.78 is 13.3. The Balaban J connectivity index is 1.55. The first-order chi connectivity index (χ1) is 16.4. The van der Waals surface area contributed by atoms with Crippen LogP contribution in [-0.4, -0.2) is 31.9 Å². The van der Waals surface area contributed by atoms with Crippen LogP contribution in [0.5, 0.6) is 0 Å². The fraction of sp³-hybridized carbons (Fsp3) is 0.0909. The zero-order chi connectivity index (χ0) is 24.0. The standard InChI is InChI=1S/C22H13BrN4O6S/c1-2-32-21(29)11-3-5-14(16(7-11)27(30)31)17-6-4-13(33-17)9-18-20(28)26-19-15(25-22(26)34-18)8-12(23)10-24-19/h3-10H,2H2,1H3/b18-9-. The van der Waals surface area contributed by atoms with Gasteiger partial charge in [-0.05, 0) is 53.2 Å². The van der Waals surface area contributed by atoms with Crippen LogP contribution in [0.15, 0.2) is 56.3 Å². The average Bonchev–Trinajstić information content (AvgIpc) is 3.49. The number of rotatable bonds is 5.